The van der Waals surface area contributed by atoms with Gasteiger partial charge in [0.15, 0.2) is 0 Å². The van der Waals surface area contributed by atoms with Crippen LogP contribution >= 0.6 is 0 Å². The van der Waals surface area contributed by atoms with Gasteiger partial charge in [0.05, 0.1) is 18.0 Å². The largest absolute Gasteiger partial charge is 0.326 e. The number of anilines is 1. The van der Waals surface area contributed by atoms with E-state index in [1.807, 2.05) is 0 Å². The van der Waals surface area contributed by atoms with Crippen molar-refractivity contribution in [1.29, 1.82) is 0 Å². The van der Waals surface area contributed by atoms with Crippen molar-refractivity contribution in [2.24, 2.45) is 24.6 Å². The maximum absolute atomic E-state index is 11.9. The van der Waals surface area contributed by atoms with Crippen LogP contribution in [-0.4, -0.2) is 21.6 Å². The second-order valence-corrected chi connectivity index (χ2v) is 4.28. The number of hydrogen-bond donors (Lipinski definition) is 1. The first-order valence-electron chi connectivity index (χ1n) is 5.24. The Labute approximate surface area is 92.0 Å². The standard InChI is InChI=1S/C10H12N4O2/c1-13-8(5(3-11)4-12-13)14-9(15)6-2-7(6)10(14)16/h4,6-7H,2-3,11H2,1H3. The fraction of sp³-hybridized carbons (Fsp3) is 0.500. The molecule has 0 spiro atoms. The molecule has 2 N–H and O–H groups in total. The molecule has 2 heterocycles. The Hall–Kier alpha value is -1.69. The molecule has 1 aromatic rings. The average Bonchev–Trinajstić information content (AvgIpc) is 2.93. The lowest BCUT2D eigenvalue weighted by atomic mass is 10.3. The molecule has 1 aromatic heterocycles. The number of carbonyl (C=O) groups is 2. The summed E-state index contributed by atoms with van der Waals surface area (Å²) in [5, 5.41) is 4.03. The number of hydrogen-bond acceptors (Lipinski definition) is 4. The predicted octanol–water partition coefficient (Wildman–Crippen LogP) is -0.612. The summed E-state index contributed by atoms with van der Waals surface area (Å²) < 4.78 is 1.53. The molecule has 3 rings (SSSR count). The molecule has 1 saturated heterocycles. The first-order chi connectivity index (χ1) is 7.65. The van der Waals surface area contributed by atoms with Crippen LogP contribution in [-0.2, 0) is 23.2 Å². The van der Waals surface area contributed by atoms with Gasteiger partial charge < -0.3 is 5.73 Å². The highest BCUT2D eigenvalue weighted by Crippen LogP contribution is 2.48. The van der Waals surface area contributed by atoms with Gasteiger partial charge in [0.2, 0.25) is 11.8 Å². The molecular weight excluding hydrogens is 208 g/mol. The molecule has 2 atom stereocenters. The topological polar surface area (TPSA) is 81.2 Å². The van der Waals surface area contributed by atoms with E-state index in [-0.39, 0.29) is 30.2 Å². The number of carbonyl (C=O) groups excluding carboxylic acids is 2. The number of fused-ring (bicyclic) bond motifs is 1. The number of rotatable bonds is 2. The van der Waals surface area contributed by atoms with Crippen molar-refractivity contribution in [3.63, 3.8) is 0 Å². The highest BCUT2D eigenvalue weighted by Gasteiger charge is 2.60. The first-order valence-corrected chi connectivity index (χ1v) is 5.24. The molecule has 1 saturated carbocycles. The van der Waals surface area contributed by atoms with Gasteiger partial charge in [-0.3, -0.25) is 14.3 Å². The number of imide groups is 1. The van der Waals surface area contributed by atoms with E-state index in [0.29, 0.717) is 12.2 Å². The van der Waals surface area contributed by atoms with Crippen LogP contribution < -0.4 is 10.6 Å². The van der Waals surface area contributed by atoms with Gasteiger partial charge >= 0.3 is 0 Å². The minimum Gasteiger partial charge on any atom is -0.326 e. The quantitative estimate of drug-likeness (QED) is 0.674. The lowest BCUT2D eigenvalue weighted by molar-refractivity contribution is -0.123. The second kappa shape index (κ2) is 2.91. The molecule has 1 aliphatic heterocycles. The summed E-state index contributed by atoms with van der Waals surface area (Å²) in [6, 6.07) is 0. The molecule has 0 radical (unpaired) electrons. The lowest BCUT2D eigenvalue weighted by Crippen LogP contribution is -2.35. The van der Waals surface area contributed by atoms with Crippen LogP contribution in [0.3, 0.4) is 0 Å². The Morgan fingerprint density at radius 2 is 2.06 bits per heavy atom. The van der Waals surface area contributed by atoms with Gasteiger partial charge in [-0.1, -0.05) is 0 Å². The SMILES string of the molecule is Cn1ncc(CN)c1N1C(=O)C2CC2C1=O. The fourth-order valence-corrected chi connectivity index (χ4v) is 2.30. The number of nitrogens with two attached hydrogens (primary N) is 1. The van der Waals surface area contributed by atoms with E-state index in [1.54, 1.807) is 13.2 Å². The number of aryl methyl sites for hydroxylation is 1. The van der Waals surface area contributed by atoms with E-state index in [0.717, 1.165) is 5.56 Å². The summed E-state index contributed by atoms with van der Waals surface area (Å²) in [5.41, 5.74) is 6.29. The third-order valence-electron chi connectivity index (χ3n) is 3.28. The highest BCUT2D eigenvalue weighted by molar-refractivity contribution is 6.24. The Kier molecular flexibility index (Phi) is 1.74. The van der Waals surface area contributed by atoms with Crippen LogP contribution in [0.4, 0.5) is 5.82 Å². The second-order valence-electron chi connectivity index (χ2n) is 4.28. The molecule has 2 fully saturated rings. The first kappa shape index (κ1) is 9.53. The van der Waals surface area contributed by atoms with E-state index in [1.165, 1.54) is 9.58 Å². The zero-order valence-corrected chi connectivity index (χ0v) is 8.88. The third-order valence-corrected chi connectivity index (χ3v) is 3.28. The summed E-state index contributed by atoms with van der Waals surface area (Å²) in [6.45, 7) is 0.273. The van der Waals surface area contributed by atoms with E-state index < -0.39 is 0 Å². The van der Waals surface area contributed by atoms with Gasteiger partial charge in [-0.05, 0) is 6.42 Å². The minimum atomic E-state index is -0.103. The summed E-state index contributed by atoms with van der Waals surface area (Å²) in [5.74, 6) is 0.146. The zero-order chi connectivity index (χ0) is 11.4. The van der Waals surface area contributed by atoms with Crippen molar-refractivity contribution in [3.8, 4) is 0 Å². The van der Waals surface area contributed by atoms with Crippen LogP contribution in [0.15, 0.2) is 6.20 Å². The van der Waals surface area contributed by atoms with Crippen LogP contribution in [0.1, 0.15) is 12.0 Å². The van der Waals surface area contributed by atoms with Gasteiger partial charge in [-0.15, -0.1) is 0 Å². The maximum Gasteiger partial charge on any atom is 0.238 e. The number of piperidine rings is 1. The molecule has 0 aromatic carbocycles. The van der Waals surface area contributed by atoms with Crippen molar-refractivity contribution < 1.29 is 9.59 Å². The van der Waals surface area contributed by atoms with Crippen molar-refractivity contribution in [3.05, 3.63) is 11.8 Å². The van der Waals surface area contributed by atoms with E-state index in [9.17, 15) is 9.59 Å². The Morgan fingerprint density at radius 3 is 2.62 bits per heavy atom. The Balaban J connectivity index is 2.06. The van der Waals surface area contributed by atoms with Crippen LogP contribution in [0.5, 0.6) is 0 Å². The molecule has 2 unspecified atom stereocenters. The van der Waals surface area contributed by atoms with Crippen molar-refractivity contribution >= 4 is 17.6 Å². The van der Waals surface area contributed by atoms with Crippen LogP contribution in [0, 0.1) is 11.8 Å². The van der Waals surface area contributed by atoms with Crippen LogP contribution in [0.2, 0.25) is 0 Å². The number of aromatic nitrogens is 2. The van der Waals surface area contributed by atoms with Gasteiger partial charge in [-0.25, -0.2) is 4.90 Å². The molecule has 16 heavy (non-hydrogen) atoms. The van der Waals surface area contributed by atoms with E-state index in [2.05, 4.69) is 5.10 Å². The molecule has 84 valence electrons. The lowest BCUT2D eigenvalue weighted by Gasteiger charge is -2.17. The van der Waals surface area contributed by atoms with Crippen molar-refractivity contribution in [2.45, 2.75) is 13.0 Å². The number of nitrogens with zero attached hydrogens (tertiary/aromatic N) is 3. The van der Waals surface area contributed by atoms with Gasteiger partial charge in [0, 0.05) is 19.2 Å². The molecule has 2 amide bonds. The fourth-order valence-electron chi connectivity index (χ4n) is 2.30. The minimum absolute atomic E-state index is 0.0898. The molecular formula is C10H12N4O2. The van der Waals surface area contributed by atoms with Crippen molar-refractivity contribution in [1.82, 2.24) is 9.78 Å². The smallest absolute Gasteiger partial charge is 0.238 e. The molecule has 6 nitrogen and oxygen atoms in total. The maximum atomic E-state index is 11.9. The van der Waals surface area contributed by atoms with Gasteiger partial charge in [-0.2, -0.15) is 5.10 Å². The van der Waals surface area contributed by atoms with Crippen LogP contribution in [0.25, 0.3) is 0 Å². The summed E-state index contributed by atoms with van der Waals surface area (Å²) in [4.78, 5) is 25.0. The highest BCUT2D eigenvalue weighted by atomic mass is 16.2. The molecule has 6 heteroatoms. The number of amides is 2. The zero-order valence-electron chi connectivity index (χ0n) is 8.88. The summed E-state index contributed by atoms with van der Waals surface area (Å²) >= 11 is 0. The monoisotopic (exact) mass is 220 g/mol. The third kappa shape index (κ3) is 1.02. The van der Waals surface area contributed by atoms with Gasteiger partial charge in [0.1, 0.15) is 5.82 Å². The normalized spacial score (nSPS) is 27.5. The average molecular weight is 220 g/mol. The van der Waals surface area contributed by atoms with Gasteiger partial charge in [0.25, 0.3) is 0 Å². The van der Waals surface area contributed by atoms with E-state index in [4.69, 9.17) is 5.73 Å². The predicted molar refractivity (Wildman–Crippen MR) is 55.2 cm³/mol. The molecule has 2 aliphatic rings. The van der Waals surface area contributed by atoms with Crippen molar-refractivity contribution in [2.75, 3.05) is 4.90 Å². The summed E-state index contributed by atoms with van der Waals surface area (Å²) in [7, 11) is 1.71. The summed E-state index contributed by atoms with van der Waals surface area (Å²) in [6.07, 6.45) is 2.31. The Bertz CT molecular complexity index is 473. The Morgan fingerprint density at radius 1 is 1.44 bits per heavy atom. The van der Waals surface area contributed by atoms with E-state index >= 15 is 0 Å². The molecule has 0 bridgehead atoms. The molecule has 1 aliphatic carbocycles.